The minimum absolute atomic E-state index is 0.0606. The van der Waals surface area contributed by atoms with E-state index in [9.17, 15) is 14.4 Å². The van der Waals surface area contributed by atoms with Gasteiger partial charge in [-0.3, -0.25) is 19.3 Å². The lowest BCUT2D eigenvalue weighted by molar-refractivity contribution is -0.293. The van der Waals surface area contributed by atoms with Crippen molar-refractivity contribution in [2.45, 2.75) is 56.5 Å². The van der Waals surface area contributed by atoms with Gasteiger partial charge in [0.15, 0.2) is 5.79 Å². The summed E-state index contributed by atoms with van der Waals surface area (Å²) < 4.78 is 11.9. The zero-order valence-corrected chi connectivity index (χ0v) is 15.2. The molecule has 4 aliphatic heterocycles. The Kier molecular flexibility index (Phi) is 3.67. The summed E-state index contributed by atoms with van der Waals surface area (Å²) in [6, 6.07) is 5.85. The van der Waals surface area contributed by atoms with Crippen molar-refractivity contribution in [1.29, 1.82) is 0 Å². The van der Waals surface area contributed by atoms with Gasteiger partial charge in [-0.15, -0.1) is 0 Å². The van der Waals surface area contributed by atoms with Crippen LogP contribution in [0.5, 0.6) is 0 Å². The summed E-state index contributed by atoms with van der Waals surface area (Å²) in [5.74, 6) is -1.54. The Morgan fingerprint density at radius 2 is 1.63 bits per heavy atom. The van der Waals surface area contributed by atoms with Crippen molar-refractivity contribution in [2.24, 2.45) is 0 Å². The summed E-state index contributed by atoms with van der Waals surface area (Å²) in [4.78, 5) is 41.8. The molecule has 4 heterocycles. The third-order valence-corrected chi connectivity index (χ3v) is 6.21. The number of carbonyl (C=O) groups excluding carboxylic acids is 3. The van der Waals surface area contributed by atoms with E-state index in [1.54, 1.807) is 24.3 Å². The highest BCUT2D eigenvalue weighted by molar-refractivity contribution is 6.23. The van der Waals surface area contributed by atoms with Gasteiger partial charge in [0.05, 0.1) is 24.3 Å². The van der Waals surface area contributed by atoms with Crippen LogP contribution in [0.4, 0.5) is 0 Å². The number of piperidine rings is 1. The molecule has 7 nitrogen and oxygen atoms in total. The fraction of sp³-hybridized carbons (Fsp3) is 0.550. The number of amides is 3. The Balaban J connectivity index is 1.43. The molecule has 0 saturated carbocycles. The molecule has 1 aromatic rings. The largest absolute Gasteiger partial charge is 0.350 e. The summed E-state index contributed by atoms with van der Waals surface area (Å²) in [6.07, 6.45) is 2.51. The molecule has 142 valence electrons. The number of hydrogen-bond donors (Lipinski definition) is 0. The molecule has 0 radical (unpaired) electrons. The predicted molar refractivity (Wildman–Crippen MR) is 93.9 cm³/mol. The van der Waals surface area contributed by atoms with E-state index in [1.807, 2.05) is 11.8 Å². The van der Waals surface area contributed by atoms with E-state index in [2.05, 4.69) is 0 Å². The fourth-order valence-corrected chi connectivity index (χ4v) is 5.13. The molecule has 0 aliphatic carbocycles. The lowest BCUT2D eigenvalue weighted by atomic mass is 9.90. The number of imide groups is 1. The first-order valence-electron chi connectivity index (χ1n) is 9.58. The smallest absolute Gasteiger partial charge is 0.262 e. The van der Waals surface area contributed by atoms with Crippen molar-refractivity contribution in [3.05, 3.63) is 35.4 Å². The topological polar surface area (TPSA) is 76.2 Å². The zero-order valence-electron chi connectivity index (χ0n) is 15.2. The molecule has 3 atom stereocenters. The zero-order chi connectivity index (χ0) is 18.8. The van der Waals surface area contributed by atoms with E-state index in [0.29, 0.717) is 43.6 Å². The van der Waals surface area contributed by atoms with Crippen molar-refractivity contribution < 1.29 is 23.9 Å². The van der Waals surface area contributed by atoms with E-state index >= 15 is 0 Å². The molecule has 4 aliphatic rings. The first-order chi connectivity index (χ1) is 13.0. The first kappa shape index (κ1) is 16.9. The maximum Gasteiger partial charge on any atom is 0.262 e. The number of rotatable bonds is 1. The quantitative estimate of drug-likeness (QED) is 0.702. The summed E-state index contributed by atoms with van der Waals surface area (Å²) in [5.41, 5.74) is 0.757. The molecule has 5 rings (SSSR count). The van der Waals surface area contributed by atoms with E-state index < -0.39 is 11.8 Å². The van der Waals surface area contributed by atoms with Crippen LogP contribution in [0.2, 0.25) is 0 Å². The van der Waals surface area contributed by atoms with Gasteiger partial charge < -0.3 is 14.4 Å². The first-order valence-corrected chi connectivity index (χ1v) is 9.58. The van der Waals surface area contributed by atoms with Gasteiger partial charge in [0.2, 0.25) is 5.91 Å². The van der Waals surface area contributed by atoms with Gasteiger partial charge in [-0.05, 0) is 31.9 Å². The van der Waals surface area contributed by atoms with E-state index in [1.165, 1.54) is 0 Å². The van der Waals surface area contributed by atoms with Gasteiger partial charge in [0.25, 0.3) is 11.8 Å². The normalized spacial score (nSPS) is 32.2. The molecule has 0 bridgehead atoms. The van der Waals surface area contributed by atoms with Crippen molar-refractivity contribution in [3.8, 4) is 0 Å². The Morgan fingerprint density at radius 3 is 2.26 bits per heavy atom. The van der Waals surface area contributed by atoms with Crippen LogP contribution in [-0.4, -0.2) is 64.6 Å². The van der Waals surface area contributed by atoms with Crippen LogP contribution < -0.4 is 0 Å². The van der Waals surface area contributed by atoms with E-state index in [-0.39, 0.29) is 29.8 Å². The maximum absolute atomic E-state index is 13.1. The second kappa shape index (κ2) is 5.87. The Hall–Kier alpha value is -2.25. The average molecular weight is 370 g/mol. The molecule has 27 heavy (non-hydrogen) atoms. The molecule has 3 amide bonds. The summed E-state index contributed by atoms with van der Waals surface area (Å²) >= 11 is 0. The maximum atomic E-state index is 13.1. The third-order valence-electron chi connectivity index (χ3n) is 6.21. The van der Waals surface area contributed by atoms with Crippen molar-refractivity contribution in [3.63, 3.8) is 0 Å². The summed E-state index contributed by atoms with van der Waals surface area (Å²) in [6.45, 7) is 3.31. The summed E-state index contributed by atoms with van der Waals surface area (Å²) in [7, 11) is 0. The number of nitrogens with zero attached hydrogens (tertiary/aromatic N) is 2. The van der Waals surface area contributed by atoms with Crippen LogP contribution in [0.25, 0.3) is 0 Å². The van der Waals surface area contributed by atoms with Gasteiger partial charge in [-0.25, -0.2) is 0 Å². The van der Waals surface area contributed by atoms with Crippen molar-refractivity contribution in [1.82, 2.24) is 9.80 Å². The van der Waals surface area contributed by atoms with Crippen LogP contribution >= 0.6 is 0 Å². The lowest BCUT2D eigenvalue weighted by Crippen LogP contribution is -2.57. The number of benzene rings is 1. The number of carbonyl (C=O) groups is 3. The number of hydrogen-bond acceptors (Lipinski definition) is 5. The molecule has 1 aromatic carbocycles. The highest BCUT2D eigenvalue weighted by Crippen LogP contribution is 2.43. The monoisotopic (exact) mass is 370 g/mol. The molecular formula is C20H22N2O5. The Morgan fingerprint density at radius 1 is 1.00 bits per heavy atom. The molecular weight excluding hydrogens is 348 g/mol. The lowest BCUT2D eigenvalue weighted by Gasteiger charge is -2.48. The molecule has 1 spiro atoms. The second-order valence-corrected chi connectivity index (χ2v) is 7.90. The molecule has 3 fully saturated rings. The average Bonchev–Trinajstić information content (AvgIpc) is 3.10. The van der Waals surface area contributed by atoms with Gasteiger partial charge in [-0.2, -0.15) is 0 Å². The molecule has 7 heteroatoms. The number of ether oxygens (including phenoxy) is 2. The molecule has 3 saturated heterocycles. The van der Waals surface area contributed by atoms with Gasteiger partial charge in [0, 0.05) is 24.9 Å². The Labute approximate surface area is 157 Å². The van der Waals surface area contributed by atoms with Crippen LogP contribution in [0.1, 0.15) is 53.3 Å². The highest BCUT2D eigenvalue weighted by atomic mass is 16.7. The highest BCUT2D eigenvalue weighted by Gasteiger charge is 2.56. The van der Waals surface area contributed by atoms with Crippen molar-refractivity contribution >= 4 is 17.7 Å². The molecule has 0 unspecified atom stereocenters. The molecule has 0 aromatic heterocycles. The van der Waals surface area contributed by atoms with E-state index in [4.69, 9.17) is 9.47 Å². The Bertz CT molecular complexity index is 796. The van der Waals surface area contributed by atoms with Gasteiger partial charge in [-0.1, -0.05) is 12.1 Å². The SMILES string of the molecule is C[C@@H]1CC2(C[C@@H]3C[C@@H](N4C(=O)c5ccccc5C4=O)C(=O)N31)OCCCO2. The van der Waals surface area contributed by atoms with Crippen molar-refractivity contribution in [2.75, 3.05) is 13.2 Å². The predicted octanol–water partition coefficient (Wildman–Crippen LogP) is 1.57. The minimum Gasteiger partial charge on any atom is -0.350 e. The summed E-state index contributed by atoms with van der Waals surface area (Å²) in [5, 5.41) is 0. The molecule has 0 N–H and O–H groups in total. The van der Waals surface area contributed by atoms with Gasteiger partial charge >= 0.3 is 0 Å². The van der Waals surface area contributed by atoms with Crippen LogP contribution in [0, 0.1) is 0 Å². The fourth-order valence-electron chi connectivity index (χ4n) is 5.13. The number of fused-ring (bicyclic) bond motifs is 2. The standard InChI is InChI=1S/C20H22N2O5/c1-12-10-20(26-7-4-8-27-20)11-13-9-16(19(25)21(12)13)22-17(23)14-5-2-3-6-15(14)18(22)24/h2-3,5-6,12-13,16H,4,7-11H2,1H3/t12-,13+,16-/m1/s1. The third kappa shape index (κ3) is 2.38. The van der Waals surface area contributed by atoms with Crippen LogP contribution in [0.15, 0.2) is 24.3 Å². The van der Waals surface area contributed by atoms with Crippen LogP contribution in [-0.2, 0) is 14.3 Å². The van der Waals surface area contributed by atoms with Crippen LogP contribution in [0.3, 0.4) is 0 Å². The van der Waals surface area contributed by atoms with Gasteiger partial charge in [0.1, 0.15) is 6.04 Å². The second-order valence-electron chi connectivity index (χ2n) is 7.90. The minimum atomic E-state index is -0.747. The van der Waals surface area contributed by atoms with E-state index in [0.717, 1.165) is 11.3 Å².